The first kappa shape index (κ1) is 22.0. The lowest BCUT2D eigenvalue weighted by Crippen LogP contribution is -2.49. The zero-order chi connectivity index (χ0) is 23.0. The van der Waals surface area contributed by atoms with Crippen LogP contribution in [0.5, 0.6) is 5.75 Å². The molecule has 4 aliphatic carbocycles. The number of carboxylic acids is 1. The maximum atomic E-state index is 12.3. The Bertz CT molecular complexity index is 1060. The third kappa shape index (κ3) is 4.26. The lowest BCUT2D eigenvalue weighted by Gasteiger charge is -2.57. The number of benzene rings is 2. The summed E-state index contributed by atoms with van der Waals surface area (Å²) < 4.78 is 6.04. The van der Waals surface area contributed by atoms with Gasteiger partial charge in [0.1, 0.15) is 18.5 Å². The zero-order valence-electron chi connectivity index (χ0n) is 18.7. The summed E-state index contributed by atoms with van der Waals surface area (Å²) in [5, 5.41) is 29.2. The van der Waals surface area contributed by atoms with Crippen LogP contribution in [0.3, 0.4) is 0 Å². The van der Waals surface area contributed by atoms with Crippen molar-refractivity contribution in [1.82, 2.24) is 0 Å². The van der Waals surface area contributed by atoms with E-state index in [4.69, 9.17) is 4.74 Å². The fourth-order valence-corrected chi connectivity index (χ4v) is 6.85. The van der Waals surface area contributed by atoms with Crippen LogP contribution in [0.25, 0.3) is 0 Å². The molecule has 4 bridgehead atoms. The highest BCUT2D eigenvalue weighted by atomic mass is 16.5. The van der Waals surface area contributed by atoms with Crippen LogP contribution in [0, 0.1) is 29.6 Å². The molecule has 0 radical (unpaired) electrons. The van der Waals surface area contributed by atoms with Gasteiger partial charge in [-0.1, -0.05) is 30.0 Å². The summed E-state index contributed by atoms with van der Waals surface area (Å²) in [4.78, 5) is 12.3. The first-order chi connectivity index (χ1) is 16.0. The number of hydrogen-bond acceptors (Lipinski definition) is 4. The Morgan fingerprint density at radius 1 is 1.00 bits per heavy atom. The van der Waals surface area contributed by atoms with Gasteiger partial charge in [-0.25, -0.2) is 4.79 Å². The maximum Gasteiger partial charge on any atom is 0.336 e. The second-order valence-electron chi connectivity index (χ2n) is 10.1. The number of carbonyl (C=O) groups is 1. The summed E-state index contributed by atoms with van der Waals surface area (Å²) in [7, 11) is 0. The molecular formula is C28H30O5. The third-order valence-electron chi connectivity index (χ3n) is 7.71. The summed E-state index contributed by atoms with van der Waals surface area (Å²) >= 11 is 0. The van der Waals surface area contributed by atoms with E-state index in [1.54, 1.807) is 12.1 Å². The molecule has 1 unspecified atom stereocenters. The Morgan fingerprint density at radius 2 is 1.64 bits per heavy atom. The Labute approximate surface area is 194 Å². The topological polar surface area (TPSA) is 87.0 Å². The molecule has 0 spiro atoms. The van der Waals surface area contributed by atoms with Crippen LogP contribution >= 0.6 is 0 Å². The van der Waals surface area contributed by atoms with Crippen LogP contribution in [0.2, 0.25) is 0 Å². The highest BCUT2D eigenvalue weighted by molar-refractivity contribution is 5.92. The summed E-state index contributed by atoms with van der Waals surface area (Å²) in [5.41, 5.74) is 2.30. The second-order valence-corrected chi connectivity index (χ2v) is 10.1. The summed E-state index contributed by atoms with van der Waals surface area (Å²) in [6, 6.07) is 12.9. The lowest BCUT2D eigenvalue weighted by molar-refractivity contribution is -0.00752. The van der Waals surface area contributed by atoms with Crippen LogP contribution < -0.4 is 4.74 Å². The first-order valence-electron chi connectivity index (χ1n) is 11.9. The average molecular weight is 447 g/mol. The van der Waals surface area contributed by atoms with Gasteiger partial charge < -0.3 is 20.1 Å². The molecule has 6 rings (SSSR count). The van der Waals surface area contributed by atoms with Crippen LogP contribution in [-0.2, 0) is 5.41 Å². The normalized spacial score (nSPS) is 28.1. The summed E-state index contributed by atoms with van der Waals surface area (Å²) in [6.45, 7) is -0.436. The molecule has 0 amide bonds. The first-order valence-corrected chi connectivity index (χ1v) is 11.9. The molecule has 0 aliphatic heterocycles. The van der Waals surface area contributed by atoms with Gasteiger partial charge in [-0.3, -0.25) is 0 Å². The summed E-state index contributed by atoms with van der Waals surface area (Å²) in [5.74, 6) is 7.98. The minimum absolute atomic E-state index is 0.0478. The van der Waals surface area contributed by atoms with Gasteiger partial charge in [-0.2, -0.15) is 0 Å². The van der Waals surface area contributed by atoms with E-state index in [2.05, 4.69) is 11.8 Å². The Hall–Kier alpha value is -2.81. The second kappa shape index (κ2) is 8.85. The molecule has 172 valence electrons. The maximum absolute atomic E-state index is 12.3. The smallest absolute Gasteiger partial charge is 0.336 e. The van der Waals surface area contributed by atoms with Gasteiger partial charge in [-0.15, -0.1) is 0 Å². The van der Waals surface area contributed by atoms with E-state index < -0.39 is 12.1 Å². The van der Waals surface area contributed by atoms with E-state index in [1.165, 1.54) is 19.3 Å². The van der Waals surface area contributed by atoms with Gasteiger partial charge in [-0.05, 0) is 80.5 Å². The van der Waals surface area contributed by atoms with Crippen LogP contribution in [0.15, 0.2) is 42.5 Å². The molecule has 3 N–H and O–H groups in total. The fourth-order valence-electron chi connectivity index (χ4n) is 6.85. The number of aliphatic hydroxyl groups is 2. The minimum Gasteiger partial charge on any atom is -0.490 e. The fraction of sp³-hybridized carbons (Fsp3) is 0.464. The van der Waals surface area contributed by atoms with E-state index in [9.17, 15) is 20.1 Å². The number of aliphatic hydroxyl groups excluding tert-OH is 2. The molecule has 0 aromatic heterocycles. The van der Waals surface area contributed by atoms with Crippen molar-refractivity contribution in [2.24, 2.45) is 17.8 Å². The van der Waals surface area contributed by atoms with Gasteiger partial charge in [0.05, 0.1) is 12.2 Å². The molecule has 1 atom stereocenters. The Morgan fingerprint density at radius 3 is 2.21 bits per heavy atom. The number of ether oxygens (including phenoxy) is 1. The van der Waals surface area contributed by atoms with Crippen molar-refractivity contribution < 1.29 is 24.9 Å². The Balaban J connectivity index is 1.67. The number of aromatic carboxylic acids is 1. The van der Waals surface area contributed by atoms with Crippen LogP contribution in [0.4, 0.5) is 0 Å². The number of hydrogen-bond donors (Lipinski definition) is 3. The molecular weight excluding hydrogens is 416 g/mol. The number of carboxylic acid groups (broad SMARTS) is 1. The van der Waals surface area contributed by atoms with Gasteiger partial charge >= 0.3 is 5.97 Å². The van der Waals surface area contributed by atoms with Crippen molar-refractivity contribution in [2.45, 2.75) is 50.0 Å². The lowest BCUT2D eigenvalue weighted by atomic mass is 9.47. The standard InChI is InChI=1S/C28H30O5/c29-16-22(30)17-33-25-9-8-24(27(31)32)23(7-6-18-4-2-1-3-5-18)26(25)28-13-19-10-20(14-28)12-21(11-19)15-28/h1-5,8-9,19-22,29-30H,10-17H2,(H,31,32). The van der Waals surface area contributed by atoms with Crippen molar-refractivity contribution in [2.75, 3.05) is 13.2 Å². The van der Waals surface area contributed by atoms with E-state index in [1.807, 2.05) is 30.3 Å². The SMILES string of the molecule is O=C(O)c1ccc(OCC(O)CO)c(C23CC4CC(CC(C4)C2)C3)c1C#Cc1ccccc1. The molecule has 2 aromatic rings. The predicted octanol–water partition coefficient (Wildman–Crippen LogP) is 3.98. The quantitative estimate of drug-likeness (QED) is 0.584. The molecule has 5 nitrogen and oxygen atoms in total. The van der Waals surface area contributed by atoms with Crippen LogP contribution in [-0.4, -0.2) is 40.6 Å². The molecule has 4 saturated carbocycles. The van der Waals surface area contributed by atoms with Crippen molar-refractivity contribution in [3.05, 3.63) is 64.7 Å². The van der Waals surface area contributed by atoms with Gasteiger partial charge in [0, 0.05) is 22.1 Å². The highest BCUT2D eigenvalue weighted by Gasteiger charge is 2.53. The van der Waals surface area contributed by atoms with E-state index in [-0.39, 0.29) is 24.2 Å². The van der Waals surface area contributed by atoms with Gasteiger partial charge in [0.15, 0.2) is 0 Å². The van der Waals surface area contributed by atoms with Crippen molar-refractivity contribution in [3.8, 4) is 17.6 Å². The third-order valence-corrected chi connectivity index (χ3v) is 7.71. The molecule has 4 aliphatic rings. The highest BCUT2D eigenvalue weighted by Crippen LogP contribution is 2.62. The van der Waals surface area contributed by atoms with Gasteiger partial charge in [0.25, 0.3) is 0 Å². The zero-order valence-corrected chi connectivity index (χ0v) is 18.7. The Kier molecular flexibility index (Phi) is 5.90. The number of rotatable bonds is 6. The molecule has 4 fully saturated rings. The molecule has 0 saturated heterocycles. The van der Waals surface area contributed by atoms with E-state index in [0.29, 0.717) is 29.1 Å². The van der Waals surface area contributed by atoms with E-state index in [0.717, 1.165) is 30.4 Å². The average Bonchev–Trinajstić information content (AvgIpc) is 2.80. The molecule has 5 heteroatoms. The van der Waals surface area contributed by atoms with Crippen LogP contribution in [0.1, 0.15) is 65.6 Å². The van der Waals surface area contributed by atoms with Crippen molar-refractivity contribution in [1.29, 1.82) is 0 Å². The monoisotopic (exact) mass is 446 g/mol. The largest absolute Gasteiger partial charge is 0.490 e. The molecule has 0 heterocycles. The molecule has 2 aromatic carbocycles. The van der Waals surface area contributed by atoms with Crippen molar-refractivity contribution >= 4 is 5.97 Å². The van der Waals surface area contributed by atoms with Gasteiger partial charge in [0.2, 0.25) is 0 Å². The minimum atomic E-state index is -1.000. The summed E-state index contributed by atoms with van der Waals surface area (Å²) in [6.07, 6.45) is 5.89. The van der Waals surface area contributed by atoms with Crippen molar-refractivity contribution in [3.63, 3.8) is 0 Å². The predicted molar refractivity (Wildman–Crippen MR) is 124 cm³/mol. The van der Waals surface area contributed by atoms with E-state index >= 15 is 0 Å². The molecule has 33 heavy (non-hydrogen) atoms.